The van der Waals surface area contributed by atoms with Gasteiger partial charge in [0, 0.05) is 49.6 Å². The molecule has 1 N–H and O–H groups in total. The average Bonchev–Trinajstić information content (AvgIpc) is 3.34. The van der Waals surface area contributed by atoms with E-state index < -0.39 is 0 Å². The van der Waals surface area contributed by atoms with Gasteiger partial charge < -0.3 is 5.32 Å². The van der Waals surface area contributed by atoms with Crippen molar-refractivity contribution in [3.05, 3.63) is 64.6 Å². The van der Waals surface area contributed by atoms with Crippen LogP contribution in [-0.2, 0) is 13.1 Å². The molecule has 7 nitrogen and oxygen atoms in total. The topological polar surface area (TPSA) is 75.9 Å². The first kappa shape index (κ1) is 16.9. The van der Waals surface area contributed by atoms with Gasteiger partial charge in [0.2, 0.25) is 0 Å². The molecule has 0 saturated carbocycles. The Morgan fingerprint density at radius 3 is 3.08 bits per heavy atom. The van der Waals surface area contributed by atoms with E-state index in [1.54, 1.807) is 17.5 Å². The Bertz CT molecular complexity index is 848. The van der Waals surface area contributed by atoms with E-state index in [9.17, 15) is 4.79 Å². The lowest BCUT2D eigenvalue weighted by molar-refractivity contribution is 0.0941. The zero-order valence-electron chi connectivity index (χ0n) is 14.3. The van der Waals surface area contributed by atoms with Crippen molar-refractivity contribution >= 4 is 17.2 Å². The maximum atomic E-state index is 12.1. The zero-order valence-corrected chi connectivity index (χ0v) is 15.1. The van der Waals surface area contributed by atoms with Crippen molar-refractivity contribution in [2.75, 3.05) is 13.1 Å². The number of fused-ring (bicyclic) bond motifs is 1. The molecular weight excluding hydrogens is 348 g/mol. The third-order valence-corrected chi connectivity index (χ3v) is 5.33. The first-order chi connectivity index (χ1) is 12.8. The minimum Gasteiger partial charge on any atom is -0.351 e. The second kappa shape index (κ2) is 7.76. The highest BCUT2D eigenvalue weighted by Crippen LogP contribution is 2.25. The van der Waals surface area contributed by atoms with Crippen LogP contribution in [0.15, 0.2) is 48.4 Å². The van der Waals surface area contributed by atoms with Gasteiger partial charge in [-0.05, 0) is 23.9 Å². The molecule has 0 aliphatic carbocycles. The van der Waals surface area contributed by atoms with Gasteiger partial charge in [-0.1, -0.05) is 6.07 Å². The van der Waals surface area contributed by atoms with Crippen LogP contribution in [0.5, 0.6) is 0 Å². The van der Waals surface area contributed by atoms with E-state index in [4.69, 9.17) is 0 Å². The molecule has 4 rings (SSSR count). The molecule has 26 heavy (non-hydrogen) atoms. The minimum absolute atomic E-state index is 0.190. The molecule has 0 bridgehead atoms. The fourth-order valence-electron chi connectivity index (χ4n) is 3.28. The number of hydrogen-bond donors (Lipinski definition) is 1. The molecule has 1 atom stereocenters. The molecule has 0 radical (unpaired) electrons. The Kier molecular flexibility index (Phi) is 5.03. The molecule has 134 valence electrons. The van der Waals surface area contributed by atoms with Crippen LogP contribution in [0, 0.1) is 0 Å². The summed E-state index contributed by atoms with van der Waals surface area (Å²) in [5, 5.41) is 9.53. The van der Waals surface area contributed by atoms with Crippen LogP contribution in [0.25, 0.3) is 0 Å². The van der Waals surface area contributed by atoms with Gasteiger partial charge in [0.25, 0.3) is 5.91 Å². The molecule has 1 aliphatic heterocycles. The lowest BCUT2D eigenvalue weighted by Gasteiger charge is -2.33. The highest BCUT2D eigenvalue weighted by molar-refractivity contribution is 7.09. The molecule has 1 amide bonds. The van der Waals surface area contributed by atoms with Crippen molar-refractivity contribution in [3.8, 4) is 0 Å². The van der Waals surface area contributed by atoms with Crippen molar-refractivity contribution in [3.63, 3.8) is 0 Å². The lowest BCUT2D eigenvalue weighted by Crippen LogP contribution is -2.38. The van der Waals surface area contributed by atoms with Crippen LogP contribution in [0.3, 0.4) is 0 Å². The van der Waals surface area contributed by atoms with Crippen LogP contribution < -0.4 is 5.32 Å². The van der Waals surface area contributed by atoms with Crippen molar-refractivity contribution < 1.29 is 4.79 Å². The molecular formula is C18H20N6OS. The zero-order chi connectivity index (χ0) is 17.8. The molecule has 0 aromatic carbocycles. The predicted molar refractivity (Wildman–Crippen MR) is 98.7 cm³/mol. The molecule has 4 heterocycles. The Hall–Kier alpha value is -2.58. The lowest BCUT2D eigenvalue weighted by atomic mass is 10.1. The van der Waals surface area contributed by atoms with E-state index in [0.29, 0.717) is 12.2 Å². The molecule has 8 heteroatoms. The van der Waals surface area contributed by atoms with Crippen LogP contribution in [0.2, 0.25) is 0 Å². The first-order valence-corrected chi connectivity index (χ1v) is 9.49. The van der Waals surface area contributed by atoms with Crippen molar-refractivity contribution in [2.24, 2.45) is 0 Å². The molecule has 0 spiro atoms. The molecule has 3 aromatic heterocycles. The second-order valence-corrected chi connectivity index (χ2v) is 7.34. The Morgan fingerprint density at radius 1 is 1.31 bits per heavy atom. The van der Waals surface area contributed by atoms with E-state index in [-0.39, 0.29) is 11.9 Å². The predicted octanol–water partition coefficient (Wildman–Crippen LogP) is 2.11. The van der Waals surface area contributed by atoms with Gasteiger partial charge in [-0.2, -0.15) is 5.10 Å². The second-order valence-electron chi connectivity index (χ2n) is 6.31. The van der Waals surface area contributed by atoms with Gasteiger partial charge in [0.1, 0.15) is 5.69 Å². The molecule has 0 fully saturated rings. The van der Waals surface area contributed by atoms with Crippen molar-refractivity contribution in [1.82, 2.24) is 30.0 Å². The third-order valence-electron chi connectivity index (χ3n) is 4.47. The Morgan fingerprint density at radius 2 is 2.27 bits per heavy atom. The fraction of sp³-hybridized carbons (Fsp3) is 0.333. The largest absolute Gasteiger partial charge is 0.351 e. The molecule has 1 aliphatic rings. The minimum atomic E-state index is -0.190. The number of hydrogen-bond acceptors (Lipinski definition) is 6. The van der Waals surface area contributed by atoms with E-state index in [1.165, 1.54) is 23.0 Å². The molecule has 0 unspecified atom stereocenters. The van der Waals surface area contributed by atoms with E-state index >= 15 is 0 Å². The monoisotopic (exact) mass is 368 g/mol. The number of carbonyl (C=O) groups excluding carboxylic acids is 1. The van der Waals surface area contributed by atoms with Gasteiger partial charge in [-0.15, -0.1) is 11.3 Å². The SMILES string of the molecule is O=C(NCC[C@H]1CN(Cc2cccs2)Cc2ccnn21)c1cnccn1. The highest BCUT2D eigenvalue weighted by Gasteiger charge is 2.25. The molecule has 0 saturated heterocycles. The Labute approximate surface area is 155 Å². The fourth-order valence-corrected chi connectivity index (χ4v) is 4.03. The summed E-state index contributed by atoms with van der Waals surface area (Å²) in [5.41, 5.74) is 1.56. The van der Waals surface area contributed by atoms with Crippen LogP contribution in [0.1, 0.15) is 33.5 Å². The number of carbonyl (C=O) groups is 1. The molecule has 3 aromatic rings. The summed E-state index contributed by atoms with van der Waals surface area (Å²) in [6.45, 7) is 3.35. The standard InChI is InChI=1S/C18H20N6OS/c25-18(17-10-19-7-8-20-17)21-5-3-14-11-23(13-16-2-1-9-26-16)12-15-4-6-22-24(14)15/h1-2,4,6-10,14H,3,5,11-13H2,(H,21,25)/t14-/m0/s1. The van der Waals surface area contributed by atoms with Gasteiger partial charge >= 0.3 is 0 Å². The summed E-state index contributed by atoms with van der Waals surface area (Å²) in [6.07, 6.45) is 7.23. The average molecular weight is 368 g/mol. The maximum Gasteiger partial charge on any atom is 0.271 e. The third kappa shape index (κ3) is 3.81. The van der Waals surface area contributed by atoms with Gasteiger partial charge in [-0.3, -0.25) is 19.4 Å². The van der Waals surface area contributed by atoms with Gasteiger partial charge in [0.15, 0.2) is 0 Å². The van der Waals surface area contributed by atoms with Gasteiger partial charge in [-0.25, -0.2) is 4.98 Å². The normalized spacial score (nSPS) is 17.0. The van der Waals surface area contributed by atoms with Crippen LogP contribution in [0.4, 0.5) is 0 Å². The van der Waals surface area contributed by atoms with Crippen molar-refractivity contribution in [1.29, 1.82) is 0 Å². The highest BCUT2D eigenvalue weighted by atomic mass is 32.1. The number of rotatable bonds is 6. The number of nitrogens with one attached hydrogen (secondary N) is 1. The number of nitrogens with zero attached hydrogens (tertiary/aromatic N) is 5. The summed E-state index contributed by atoms with van der Waals surface area (Å²) in [5.74, 6) is -0.190. The summed E-state index contributed by atoms with van der Waals surface area (Å²) in [4.78, 5) is 23.9. The summed E-state index contributed by atoms with van der Waals surface area (Å²) in [7, 11) is 0. The maximum absolute atomic E-state index is 12.1. The number of amides is 1. The van der Waals surface area contributed by atoms with Gasteiger partial charge in [0.05, 0.1) is 17.9 Å². The summed E-state index contributed by atoms with van der Waals surface area (Å²) < 4.78 is 2.10. The summed E-state index contributed by atoms with van der Waals surface area (Å²) in [6, 6.07) is 6.59. The van der Waals surface area contributed by atoms with Crippen LogP contribution in [-0.4, -0.2) is 43.6 Å². The van der Waals surface area contributed by atoms with E-state index in [1.807, 2.05) is 6.20 Å². The smallest absolute Gasteiger partial charge is 0.271 e. The van der Waals surface area contributed by atoms with Crippen LogP contribution >= 0.6 is 11.3 Å². The van der Waals surface area contributed by atoms with Crippen molar-refractivity contribution in [2.45, 2.75) is 25.6 Å². The Balaban J connectivity index is 1.37. The first-order valence-electron chi connectivity index (χ1n) is 8.61. The quantitative estimate of drug-likeness (QED) is 0.721. The number of thiophene rings is 1. The van der Waals surface area contributed by atoms with E-state index in [0.717, 1.165) is 26.1 Å². The number of aromatic nitrogens is 4. The van der Waals surface area contributed by atoms with E-state index in [2.05, 4.69) is 53.5 Å². The summed E-state index contributed by atoms with van der Waals surface area (Å²) >= 11 is 1.79.